The Balaban J connectivity index is 0.870. The molecule has 0 spiro atoms. The molecule has 65 heavy (non-hydrogen) atoms. The molecule has 2 heteroatoms. The van der Waals surface area contributed by atoms with Gasteiger partial charge in [-0.3, -0.25) is 0 Å². The van der Waals surface area contributed by atoms with Crippen molar-refractivity contribution in [2.24, 2.45) is 0 Å². The van der Waals surface area contributed by atoms with Gasteiger partial charge in [-0.25, -0.2) is 0 Å². The molecular formula is C63H37NO. The van der Waals surface area contributed by atoms with Gasteiger partial charge in [0.1, 0.15) is 5.75 Å². The van der Waals surface area contributed by atoms with E-state index in [0.29, 0.717) is 5.76 Å². The SMILES string of the molecule is C1=C2C=CC=CC=1c1cccc(C3=CC4=C=C(C=C3)N(C3=CC=C=C(c5c6ccccc6c(-c6ccc(-c7cccc8ccccc78)cc6)c6ccccc56)C=C3)c3ccccc34)c1O2. The molecule has 2 aliphatic heterocycles. The lowest BCUT2D eigenvalue weighted by Crippen LogP contribution is -2.22. The lowest BCUT2D eigenvalue weighted by Gasteiger charge is -2.30. The van der Waals surface area contributed by atoms with Gasteiger partial charge in [-0.2, -0.15) is 0 Å². The highest BCUT2D eigenvalue weighted by Crippen LogP contribution is 2.46. The second-order valence-corrected chi connectivity index (χ2v) is 16.7. The lowest BCUT2D eigenvalue weighted by molar-refractivity contribution is 0.440. The fraction of sp³-hybridized carbons (Fsp3) is 0. The monoisotopic (exact) mass is 823 g/mol. The van der Waals surface area contributed by atoms with Crippen LogP contribution in [-0.2, 0) is 0 Å². The van der Waals surface area contributed by atoms with Gasteiger partial charge in [0.25, 0.3) is 0 Å². The number of hydrogen-bond donors (Lipinski definition) is 0. The highest BCUT2D eigenvalue weighted by Gasteiger charge is 2.27. The Morgan fingerprint density at radius 1 is 0.431 bits per heavy atom. The van der Waals surface area contributed by atoms with Gasteiger partial charge in [0.05, 0.1) is 11.4 Å². The van der Waals surface area contributed by atoms with Crippen LogP contribution in [0.4, 0.5) is 5.69 Å². The van der Waals surface area contributed by atoms with Crippen molar-refractivity contribution in [1.82, 2.24) is 0 Å². The number of ether oxygens (including phenoxy) is 1. The predicted molar refractivity (Wildman–Crippen MR) is 271 cm³/mol. The molecule has 0 fully saturated rings. The van der Waals surface area contributed by atoms with E-state index in [2.05, 4.69) is 228 Å². The average molecular weight is 824 g/mol. The molecule has 300 valence electrons. The molecule has 4 bridgehead atoms. The van der Waals surface area contributed by atoms with E-state index < -0.39 is 0 Å². The summed E-state index contributed by atoms with van der Waals surface area (Å²) in [6.45, 7) is 0. The van der Waals surface area contributed by atoms with E-state index >= 15 is 0 Å². The van der Waals surface area contributed by atoms with Gasteiger partial charge in [-0.05, 0) is 121 Å². The fourth-order valence-electron chi connectivity index (χ4n) is 10.1. The Bertz CT molecular complexity index is 3770. The molecule has 0 saturated heterocycles. The molecule has 0 radical (unpaired) electrons. The molecule has 0 aromatic heterocycles. The van der Waals surface area contributed by atoms with Crippen LogP contribution in [0.15, 0.2) is 259 Å². The van der Waals surface area contributed by atoms with Crippen LogP contribution in [0.2, 0.25) is 0 Å². The summed E-state index contributed by atoms with van der Waals surface area (Å²) in [6.07, 6.45) is 23.4. The van der Waals surface area contributed by atoms with Gasteiger partial charge in [0.2, 0.25) is 0 Å². The van der Waals surface area contributed by atoms with Crippen molar-refractivity contribution in [3.05, 3.63) is 281 Å². The maximum Gasteiger partial charge on any atom is 0.170 e. The van der Waals surface area contributed by atoms with E-state index in [0.717, 1.165) is 61.8 Å². The van der Waals surface area contributed by atoms with Crippen LogP contribution < -0.4 is 9.64 Å². The number of benzene rings is 8. The third kappa shape index (κ3) is 6.07. The topological polar surface area (TPSA) is 12.5 Å². The quantitative estimate of drug-likeness (QED) is 0.127. The summed E-state index contributed by atoms with van der Waals surface area (Å²) in [7, 11) is 0. The van der Waals surface area contributed by atoms with Crippen molar-refractivity contribution in [3.8, 4) is 28.0 Å². The molecule has 3 aliphatic carbocycles. The maximum atomic E-state index is 6.48. The van der Waals surface area contributed by atoms with Gasteiger partial charge in [-0.15, -0.1) is 5.73 Å². The Hall–Kier alpha value is -8.86. The number of fused-ring (bicyclic) bond motifs is 7. The van der Waals surface area contributed by atoms with Gasteiger partial charge < -0.3 is 9.64 Å². The molecule has 0 N–H and O–H groups in total. The molecule has 0 amide bonds. The van der Waals surface area contributed by atoms with Crippen LogP contribution in [0.5, 0.6) is 5.75 Å². The summed E-state index contributed by atoms with van der Waals surface area (Å²) in [5.41, 5.74) is 27.4. The van der Waals surface area contributed by atoms with E-state index in [1.807, 2.05) is 18.2 Å². The highest BCUT2D eigenvalue weighted by atomic mass is 16.5. The first-order chi connectivity index (χ1) is 32.2. The third-order valence-corrected chi connectivity index (χ3v) is 13.0. The van der Waals surface area contributed by atoms with Gasteiger partial charge in [0, 0.05) is 44.7 Å². The largest absolute Gasteiger partial charge is 0.448 e. The molecule has 0 unspecified atom stereocenters. The van der Waals surface area contributed by atoms with Crippen molar-refractivity contribution < 1.29 is 4.74 Å². The van der Waals surface area contributed by atoms with Gasteiger partial charge in [-0.1, -0.05) is 175 Å². The first-order valence-electron chi connectivity index (χ1n) is 22.1. The summed E-state index contributed by atoms with van der Waals surface area (Å²) < 4.78 is 6.48. The van der Waals surface area contributed by atoms with Crippen LogP contribution in [-0.4, -0.2) is 0 Å². The van der Waals surface area contributed by atoms with E-state index in [-0.39, 0.29) is 0 Å². The number of allylic oxidation sites excluding steroid dienone is 12. The first kappa shape index (κ1) is 36.8. The van der Waals surface area contributed by atoms with E-state index in [9.17, 15) is 0 Å². The average Bonchev–Trinajstić information content (AvgIpc) is 3.81. The molecule has 2 heterocycles. The van der Waals surface area contributed by atoms with Crippen molar-refractivity contribution in [2.45, 2.75) is 0 Å². The fourth-order valence-corrected chi connectivity index (χ4v) is 10.1. The van der Waals surface area contributed by atoms with E-state index in [1.54, 1.807) is 0 Å². The van der Waals surface area contributed by atoms with Crippen molar-refractivity contribution in [3.63, 3.8) is 0 Å². The lowest BCUT2D eigenvalue weighted by atomic mass is 9.85. The highest BCUT2D eigenvalue weighted by molar-refractivity contribution is 6.19. The van der Waals surface area contributed by atoms with Crippen molar-refractivity contribution in [1.29, 1.82) is 0 Å². The second-order valence-electron chi connectivity index (χ2n) is 16.7. The standard InChI is InChI=1S/C63H37NO/c1-3-19-50-40-45(15-1)54-27-13-28-55(63(54)65-50)46-35-37-49-39-47(38-46)53-21-9-10-29-60(53)64(49)48-18-11-17-43(34-36-48)61-56-22-5-7-24-58(56)62(59-25-8-6-23-57(59)61)44-32-30-42(31-33-44)52-26-12-16-41-14-2-4-20-51(41)52/h1-16,18-38H. The Labute approximate surface area is 377 Å². The number of rotatable bonds is 5. The molecule has 8 aromatic rings. The summed E-state index contributed by atoms with van der Waals surface area (Å²) in [5.74, 6) is 1.56. The van der Waals surface area contributed by atoms with Gasteiger partial charge >= 0.3 is 0 Å². The summed E-state index contributed by atoms with van der Waals surface area (Å²) >= 11 is 0. The number of nitrogens with zero attached hydrogens (tertiary/aromatic N) is 1. The van der Waals surface area contributed by atoms with Crippen molar-refractivity contribution >= 4 is 60.3 Å². The molecule has 0 saturated carbocycles. The number of hydrogen-bond acceptors (Lipinski definition) is 2. The van der Waals surface area contributed by atoms with Crippen LogP contribution in [0.25, 0.3) is 76.9 Å². The molecule has 13 rings (SSSR count). The minimum absolute atomic E-state index is 0.714. The Morgan fingerprint density at radius 3 is 1.91 bits per heavy atom. The minimum atomic E-state index is 0.714. The molecule has 5 aliphatic rings. The van der Waals surface area contributed by atoms with Crippen molar-refractivity contribution in [2.75, 3.05) is 4.90 Å². The summed E-state index contributed by atoms with van der Waals surface area (Å²) in [5, 5.41) is 7.32. The number of anilines is 1. The summed E-state index contributed by atoms with van der Waals surface area (Å²) in [4.78, 5) is 2.31. The zero-order chi connectivity index (χ0) is 42.8. The Morgan fingerprint density at radius 2 is 1.08 bits per heavy atom. The van der Waals surface area contributed by atoms with Crippen LogP contribution >= 0.6 is 0 Å². The van der Waals surface area contributed by atoms with Crippen LogP contribution in [0.1, 0.15) is 22.3 Å². The predicted octanol–water partition coefficient (Wildman–Crippen LogP) is 15.9. The molecule has 0 atom stereocenters. The van der Waals surface area contributed by atoms with Gasteiger partial charge in [0.15, 0.2) is 5.76 Å². The van der Waals surface area contributed by atoms with E-state index in [4.69, 9.17) is 4.74 Å². The summed E-state index contributed by atoms with van der Waals surface area (Å²) in [6, 6.07) is 56.9. The molecular weight excluding hydrogens is 787 g/mol. The van der Waals surface area contributed by atoms with Crippen LogP contribution in [0, 0.1) is 0 Å². The molecule has 8 aromatic carbocycles. The van der Waals surface area contributed by atoms with Crippen LogP contribution in [0.3, 0.4) is 0 Å². The molecule has 2 nitrogen and oxygen atoms in total. The number of para-hydroxylation sites is 2. The second kappa shape index (κ2) is 14.9. The zero-order valence-corrected chi connectivity index (χ0v) is 35.2. The maximum absolute atomic E-state index is 6.48. The normalized spacial score (nSPS) is 15.4. The third-order valence-electron chi connectivity index (χ3n) is 13.0. The zero-order valence-electron chi connectivity index (χ0n) is 35.2. The van der Waals surface area contributed by atoms with E-state index in [1.165, 1.54) is 60.1 Å². The minimum Gasteiger partial charge on any atom is -0.448 e. The smallest absolute Gasteiger partial charge is 0.170 e. The first-order valence-corrected chi connectivity index (χ1v) is 22.1. The Kier molecular flexibility index (Phi) is 8.43.